The van der Waals surface area contributed by atoms with Crippen LogP contribution >= 0.6 is 11.6 Å². The summed E-state index contributed by atoms with van der Waals surface area (Å²) < 4.78 is 1.66. The zero-order valence-corrected chi connectivity index (χ0v) is 17.4. The third-order valence-corrected chi connectivity index (χ3v) is 4.51. The van der Waals surface area contributed by atoms with Gasteiger partial charge in [0, 0.05) is 23.0 Å². The molecular weight excluding hydrogens is 390 g/mol. The SMILES string of the molecule is Cc1cc(C)n(-c2ccc(Cl)c(C(=O)Nc3ccc(NC(=O)C(C)C)cc3)n2)n1. The van der Waals surface area contributed by atoms with Crippen molar-refractivity contribution in [3.8, 4) is 5.82 Å². The average Bonchev–Trinajstić information content (AvgIpc) is 3.01. The van der Waals surface area contributed by atoms with Crippen LogP contribution in [0.3, 0.4) is 0 Å². The van der Waals surface area contributed by atoms with Crippen molar-refractivity contribution in [1.29, 1.82) is 0 Å². The zero-order valence-electron chi connectivity index (χ0n) is 16.7. The van der Waals surface area contributed by atoms with Crippen molar-refractivity contribution >= 4 is 34.8 Å². The molecule has 0 saturated heterocycles. The van der Waals surface area contributed by atoms with Gasteiger partial charge in [0.2, 0.25) is 5.91 Å². The van der Waals surface area contributed by atoms with Gasteiger partial charge in [0.1, 0.15) is 5.69 Å². The van der Waals surface area contributed by atoms with Gasteiger partial charge in [-0.1, -0.05) is 25.4 Å². The fourth-order valence-electron chi connectivity index (χ4n) is 2.68. The number of rotatable bonds is 5. The second-order valence-electron chi connectivity index (χ2n) is 7.01. The van der Waals surface area contributed by atoms with Crippen LogP contribution in [0.2, 0.25) is 5.02 Å². The molecule has 8 heteroatoms. The van der Waals surface area contributed by atoms with Crippen LogP contribution in [0, 0.1) is 19.8 Å². The lowest BCUT2D eigenvalue weighted by atomic mass is 10.2. The highest BCUT2D eigenvalue weighted by atomic mass is 35.5. The minimum atomic E-state index is -0.433. The Morgan fingerprint density at radius 1 is 1.00 bits per heavy atom. The van der Waals surface area contributed by atoms with Crippen LogP contribution in [-0.2, 0) is 4.79 Å². The molecule has 3 rings (SSSR count). The topological polar surface area (TPSA) is 88.9 Å². The quantitative estimate of drug-likeness (QED) is 0.651. The number of benzene rings is 1. The lowest BCUT2D eigenvalue weighted by molar-refractivity contribution is -0.118. The summed E-state index contributed by atoms with van der Waals surface area (Å²) in [5.74, 6) is -0.106. The second kappa shape index (κ2) is 8.45. The number of carbonyl (C=O) groups excluding carboxylic acids is 2. The molecule has 0 aliphatic rings. The van der Waals surface area contributed by atoms with E-state index in [1.165, 1.54) is 0 Å². The molecule has 0 aliphatic heterocycles. The molecule has 1 aromatic carbocycles. The van der Waals surface area contributed by atoms with Gasteiger partial charge in [-0.2, -0.15) is 5.10 Å². The Morgan fingerprint density at radius 2 is 1.62 bits per heavy atom. The highest BCUT2D eigenvalue weighted by Crippen LogP contribution is 2.20. The monoisotopic (exact) mass is 411 g/mol. The predicted molar refractivity (Wildman–Crippen MR) is 114 cm³/mol. The summed E-state index contributed by atoms with van der Waals surface area (Å²) >= 11 is 6.20. The number of aryl methyl sites for hydroxylation is 2. The van der Waals surface area contributed by atoms with E-state index < -0.39 is 5.91 Å². The third-order valence-electron chi connectivity index (χ3n) is 4.21. The Hall–Kier alpha value is -3.19. The van der Waals surface area contributed by atoms with Gasteiger partial charge in [-0.15, -0.1) is 0 Å². The van der Waals surface area contributed by atoms with E-state index in [0.29, 0.717) is 17.2 Å². The van der Waals surface area contributed by atoms with Gasteiger partial charge in [0.15, 0.2) is 5.82 Å². The molecule has 3 aromatic rings. The maximum absolute atomic E-state index is 12.7. The van der Waals surface area contributed by atoms with Crippen molar-refractivity contribution in [2.75, 3.05) is 10.6 Å². The van der Waals surface area contributed by atoms with E-state index in [1.54, 1.807) is 41.1 Å². The molecule has 7 nitrogen and oxygen atoms in total. The Labute approximate surface area is 174 Å². The predicted octanol–water partition coefficient (Wildman–Crippen LogP) is 4.38. The fourth-order valence-corrected chi connectivity index (χ4v) is 2.87. The molecule has 2 aromatic heterocycles. The summed E-state index contributed by atoms with van der Waals surface area (Å²) in [5.41, 5.74) is 3.09. The summed E-state index contributed by atoms with van der Waals surface area (Å²) in [7, 11) is 0. The first kappa shape index (κ1) is 20.5. The van der Waals surface area contributed by atoms with E-state index in [2.05, 4.69) is 20.7 Å². The van der Waals surface area contributed by atoms with E-state index >= 15 is 0 Å². The maximum atomic E-state index is 12.7. The molecule has 0 fully saturated rings. The summed E-state index contributed by atoms with van der Waals surface area (Å²) in [6, 6.07) is 12.1. The van der Waals surface area contributed by atoms with Gasteiger partial charge < -0.3 is 10.6 Å². The number of carbonyl (C=O) groups is 2. The third kappa shape index (κ3) is 4.81. The minimum Gasteiger partial charge on any atom is -0.326 e. The average molecular weight is 412 g/mol. The Bertz CT molecular complexity index is 1060. The smallest absolute Gasteiger partial charge is 0.275 e. The van der Waals surface area contributed by atoms with Gasteiger partial charge in [-0.05, 0) is 56.3 Å². The first-order valence-corrected chi connectivity index (χ1v) is 9.55. The number of hydrogen-bond donors (Lipinski definition) is 2. The minimum absolute atomic E-state index is 0.0706. The maximum Gasteiger partial charge on any atom is 0.275 e. The molecule has 2 amide bonds. The number of aromatic nitrogens is 3. The van der Waals surface area contributed by atoms with Crippen LogP contribution in [0.1, 0.15) is 35.7 Å². The lowest BCUT2D eigenvalue weighted by Gasteiger charge is -2.11. The van der Waals surface area contributed by atoms with Crippen molar-refractivity contribution < 1.29 is 9.59 Å². The van der Waals surface area contributed by atoms with E-state index in [4.69, 9.17) is 11.6 Å². The lowest BCUT2D eigenvalue weighted by Crippen LogP contribution is -2.18. The van der Waals surface area contributed by atoms with Crippen LogP contribution in [0.25, 0.3) is 5.82 Å². The van der Waals surface area contributed by atoms with Crippen molar-refractivity contribution in [1.82, 2.24) is 14.8 Å². The Morgan fingerprint density at radius 3 is 2.17 bits per heavy atom. The summed E-state index contributed by atoms with van der Waals surface area (Å²) in [5, 5.41) is 10.2. The first-order valence-electron chi connectivity index (χ1n) is 9.17. The first-order chi connectivity index (χ1) is 13.7. The highest BCUT2D eigenvalue weighted by molar-refractivity contribution is 6.34. The Kier molecular flexibility index (Phi) is 5.98. The molecule has 0 radical (unpaired) electrons. The van der Waals surface area contributed by atoms with Gasteiger partial charge in [0.05, 0.1) is 10.7 Å². The van der Waals surface area contributed by atoms with Crippen molar-refractivity contribution in [3.05, 3.63) is 64.6 Å². The highest BCUT2D eigenvalue weighted by Gasteiger charge is 2.16. The van der Waals surface area contributed by atoms with Crippen molar-refractivity contribution in [2.24, 2.45) is 5.92 Å². The van der Waals surface area contributed by atoms with Crippen LogP contribution in [-0.4, -0.2) is 26.6 Å². The van der Waals surface area contributed by atoms with Crippen LogP contribution in [0.4, 0.5) is 11.4 Å². The van der Waals surface area contributed by atoms with Crippen LogP contribution < -0.4 is 10.6 Å². The van der Waals surface area contributed by atoms with E-state index in [-0.39, 0.29) is 22.5 Å². The second-order valence-corrected chi connectivity index (χ2v) is 7.42. The zero-order chi connectivity index (χ0) is 21.1. The molecule has 0 spiro atoms. The van der Waals surface area contributed by atoms with Crippen molar-refractivity contribution in [2.45, 2.75) is 27.7 Å². The Balaban J connectivity index is 1.78. The number of amides is 2. The number of halogens is 1. The summed E-state index contributed by atoms with van der Waals surface area (Å²) in [4.78, 5) is 28.9. The number of anilines is 2. The normalized spacial score (nSPS) is 10.8. The number of nitrogens with one attached hydrogen (secondary N) is 2. The summed E-state index contributed by atoms with van der Waals surface area (Å²) in [6.45, 7) is 7.44. The molecule has 29 heavy (non-hydrogen) atoms. The molecule has 2 heterocycles. The molecule has 0 aliphatic carbocycles. The molecule has 0 bridgehead atoms. The van der Waals surface area contributed by atoms with Gasteiger partial charge in [-0.25, -0.2) is 9.67 Å². The summed E-state index contributed by atoms with van der Waals surface area (Å²) in [6.07, 6.45) is 0. The standard InChI is InChI=1S/C21H22ClN5O2/c1-12(2)20(28)23-15-5-7-16(8-6-15)24-21(29)19-17(22)9-10-18(25-19)27-14(4)11-13(3)26-27/h5-12H,1-4H3,(H,23,28)(H,24,29). The largest absolute Gasteiger partial charge is 0.326 e. The van der Waals surface area contributed by atoms with Gasteiger partial charge in [0.25, 0.3) is 5.91 Å². The number of nitrogens with zero attached hydrogens (tertiary/aromatic N) is 3. The molecule has 150 valence electrons. The number of hydrogen-bond acceptors (Lipinski definition) is 4. The van der Waals surface area contributed by atoms with Gasteiger partial charge in [-0.3, -0.25) is 9.59 Å². The molecule has 0 saturated carbocycles. The molecular formula is C21H22ClN5O2. The molecule has 0 unspecified atom stereocenters. The van der Waals surface area contributed by atoms with Gasteiger partial charge >= 0.3 is 0 Å². The molecule has 0 atom stereocenters. The van der Waals surface area contributed by atoms with Crippen LogP contribution in [0.15, 0.2) is 42.5 Å². The molecule has 2 N–H and O–H groups in total. The van der Waals surface area contributed by atoms with E-state index in [1.807, 2.05) is 33.8 Å². The van der Waals surface area contributed by atoms with E-state index in [9.17, 15) is 9.59 Å². The fraction of sp³-hybridized carbons (Fsp3) is 0.238. The van der Waals surface area contributed by atoms with Crippen molar-refractivity contribution in [3.63, 3.8) is 0 Å². The van der Waals surface area contributed by atoms with Crippen LogP contribution in [0.5, 0.6) is 0 Å². The number of pyridine rings is 1. The van der Waals surface area contributed by atoms with E-state index in [0.717, 1.165) is 11.4 Å².